The monoisotopic (exact) mass is 615 g/mol. The normalized spacial score (nSPS) is 17.2. The van der Waals surface area contributed by atoms with E-state index in [-0.39, 0.29) is 5.92 Å². The van der Waals surface area contributed by atoms with Crippen molar-refractivity contribution in [2.45, 2.75) is 24.8 Å². The first kappa shape index (κ1) is 27.2. The van der Waals surface area contributed by atoms with Crippen LogP contribution in [0.5, 0.6) is 0 Å². The van der Waals surface area contributed by atoms with Crippen LogP contribution >= 0.6 is 0 Å². The van der Waals surface area contributed by atoms with Gasteiger partial charge in [0.1, 0.15) is 5.82 Å². The molecule has 5 aromatic carbocycles. The lowest BCUT2D eigenvalue weighted by molar-refractivity contribution is 0.590. The fraction of sp³-hybridized carbons (Fsp3) is 0.0889. The third-order valence-corrected chi connectivity index (χ3v) is 10.4. The molecule has 2 aliphatic carbocycles. The van der Waals surface area contributed by atoms with Crippen LogP contribution in [0.3, 0.4) is 0 Å². The summed E-state index contributed by atoms with van der Waals surface area (Å²) in [4.78, 5) is 5.36. The fourth-order valence-electron chi connectivity index (χ4n) is 8.21. The molecule has 8 aromatic rings. The summed E-state index contributed by atoms with van der Waals surface area (Å²) in [5.74, 6) is 1.17. The Kier molecular flexibility index (Phi) is 6.13. The second kappa shape index (κ2) is 10.8. The predicted octanol–water partition coefficient (Wildman–Crippen LogP) is 11.4. The Morgan fingerprint density at radius 1 is 0.583 bits per heavy atom. The quantitative estimate of drug-likeness (QED) is 0.193. The predicted molar refractivity (Wildman–Crippen MR) is 201 cm³/mol. The molecule has 0 saturated carbocycles. The van der Waals surface area contributed by atoms with Crippen LogP contribution in [0.1, 0.15) is 35.2 Å². The van der Waals surface area contributed by atoms with E-state index < -0.39 is 0 Å². The van der Waals surface area contributed by atoms with Gasteiger partial charge >= 0.3 is 0 Å². The zero-order valence-electron chi connectivity index (χ0n) is 26.5. The molecule has 3 aromatic heterocycles. The van der Waals surface area contributed by atoms with Crippen molar-refractivity contribution in [2.24, 2.45) is 0 Å². The number of fused-ring (bicyclic) bond motifs is 7. The largest absolute Gasteiger partial charge is 0.337 e. The molecule has 0 bridgehead atoms. The first-order valence-electron chi connectivity index (χ1n) is 16.9. The summed E-state index contributed by atoms with van der Waals surface area (Å²) < 4.78 is 4.98. The number of hydrogen-bond donors (Lipinski definition) is 0. The molecule has 0 N–H and O–H groups in total. The minimum absolute atomic E-state index is 0.211. The van der Waals surface area contributed by atoms with Crippen molar-refractivity contribution < 1.29 is 0 Å². The van der Waals surface area contributed by atoms with Gasteiger partial charge in [-0.1, -0.05) is 134 Å². The molecule has 48 heavy (non-hydrogen) atoms. The number of aromatic nitrogens is 3. The summed E-state index contributed by atoms with van der Waals surface area (Å²) in [6.45, 7) is 0. The maximum absolute atomic E-state index is 5.36. The van der Waals surface area contributed by atoms with Crippen molar-refractivity contribution in [1.82, 2.24) is 14.1 Å². The van der Waals surface area contributed by atoms with Crippen molar-refractivity contribution in [3.63, 3.8) is 0 Å². The van der Waals surface area contributed by atoms with Gasteiger partial charge in [-0.15, -0.1) is 0 Å². The number of hydrogen-bond acceptors (Lipinski definition) is 1. The van der Waals surface area contributed by atoms with Crippen LogP contribution in [0, 0.1) is 0 Å². The highest BCUT2D eigenvalue weighted by molar-refractivity contribution is 6.10. The van der Waals surface area contributed by atoms with E-state index in [4.69, 9.17) is 4.98 Å². The molecule has 3 heterocycles. The van der Waals surface area contributed by atoms with Gasteiger partial charge in [-0.2, -0.15) is 0 Å². The lowest BCUT2D eigenvalue weighted by atomic mass is 9.86. The van der Waals surface area contributed by atoms with Crippen LogP contribution in [0.15, 0.2) is 158 Å². The SMILES string of the molecule is C1=CCC(n2c3c(c4ccccc42)C=CC(c2cc(-n4c5ccccc5c5ccc(-c6ccccc6)cc54)nc4ccccc24)C3)C=C1. The number of benzene rings is 5. The molecule has 0 saturated heterocycles. The van der Waals surface area contributed by atoms with E-state index in [0.29, 0.717) is 6.04 Å². The molecule has 10 rings (SSSR count). The van der Waals surface area contributed by atoms with Crippen LogP contribution in [-0.4, -0.2) is 14.1 Å². The minimum atomic E-state index is 0.211. The van der Waals surface area contributed by atoms with Gasteiger partial charge in [-0.3, -0.25) is 4.57 Å². The number of para-hydroxylation sites is 3. The molecule has 3 heteroatoms. The maximum atomic E-state index is 5.36. The highest BCUT2D eigenvalue weighted by Gasteiger charge is 2.27. The first-order chi connectivity index (χ1) is 23.8. The van der Waals surface area contributed by atoms with E-state index in [1.54, 1.807) is 0 Å². The molecule has 0 spiro atoms. The van der Waals surface area contributed by atoms with Crippen LogP contribution in [0.4, 0.5) is 0 Å². The Labute approximate surface area is 279 Å². The zero-order valence-corrected chi connectivity index (χ0v) is 26.5. The van der Waals surface area contributed by atoms with Gasteiger partial charge in [-0.05, 0) is 59.9 Å². The molecule has 0 fully saturated rings. The van der Waals surface area contributed by atoms with Crippen molar-refractivity contribution in [1.29, 1.82) is 0 Å². The molecule has 0 radical (unpaired) electrons. The average molecular weight is 616 g/mol. The van der Waals surface area contributed by atoms with Crippen molar-refractivity contribution in [2.75, 3.05) is 0 Å². The van der Waals surface area contributed by atoms with Crippen molar-refractivity contribution in [3.05, 3.63) is 175 Å². The van der Waals surface area contributed by atoms with Gasteiger partial charge in [0.15, 0.2) is 0 Å². The number of nitrogens with zero attached hydrogens (tertiary/aromatic N) is 3. The van der Waals surface area contributed by atoms with E-state index in [2.05, 4.69) is 173 Å². The zero-order chi connectivity index (χ0) is 31.6. The van der Waals surface area contributed by atoms with Gasteiger partial charge in [0.05, 0.1) is 22.6 Å². The Bertz CT molecular complexity index is 2630. The van der Waals surface area contributed by atoms with E-state index >= 15 is 0 Å². The topological polar surface area (TPSA) is 22.8 Å². The minimum Gasteiger partial charge on any atom is -0.337 e. The van der Waals surface area contributed by atoms with Gasteiger partial charge < -0.3 is 4.57 Å². The molecule has 0 amide bonds. The number of pyridine rings is 1. The summed E-state index contributed by atoms with van der Waals surface area (Å²) in [6, 6.07) is 46.5. The van der Waals surface area contributed by atoms with Crippen LogP contribution < -0.4 is 0 Å². The summed E-state index contributed by atoms with van der Waals surface area (Å²) in [5.41, 5.74) is 11.2. The molecule has 2 atom stereocenters. The Morgan fingerprint density at radius 2 is 1.33 bits per heavy atom. The standard InChI is InChI=1S/C45H33N3/c1-3-13-30(14-4-1)31-23-25-38-36-19-9-12-22-42(36)48(44(38)27-31)45-29-39(34-17-7-10-20-40(34)46-45)32-24-26-37-35-18-8-11-21-41(35)47(43(37)28-32)33-15-5-2-6-16-33/h1-15,17-27,29,32-33H,16,28H2. The van der Waals surface area contributed by atoms with Gasteiger partial charge in [-0.25, -0.2) is 4.98 Å². The molecule has 3 nitrogen and oxygen atoms in total. The van der Waals surface area contributed by atoms with Gasteiger partial charge in [0.25, 0.3) is 0 Å². The number of rotatable bonds is 4. The third-order valence-electron chi connectivity index (χ3n) is 10.4. The summed E-state index contributed by atoms with van der Waals surface area (Å²) in [5, 5.41) is 5.03. The van der Waals surface area contributed by atoms with E-state index in [1.165, 1.54) is 66.0 Å². The molecule has 0 aliphatic heterocycles. The molecular weight excluding hydrogens is 583 g/mol. The lowest BCUT2D eigenvalue weighted by Gasteiger charge is -2.25. The van der Waals surface area contributed by atoms with Crippen LogP contribution in [0.2, 0.25) is 0 Å². The van der Waals surface area contributed by atoms with E-state index in [0.717, 1.165) is 24.2 Å². The van der Waals surface area contributed by atoms with E-state index in [9.17, 15) is 0 Å². The van der Waals surface area contributed by atoms with Crippen LogP contribution in [0.25, 0.3) is 66.6 Å². The van der Waals surface area contributed by atoms with Gasteiger partial charge in [0, 0.05) is 44.2 Å². The smallest absolute Gasteiger partial charge is 0.138 e. The Balaban J connectivity index is 1.18. The van der Waals surface area contributed by atoms with Gasteiger partial charge in [0.2, 0.25) is 0 Å². The highest BCUT2D eigenvalue weighted by atomic mass is 15.1. The fourth-order valence-corrected chi connectivity index (χ4v) is 8.21. The van der Waals surface area contributed by atoms with Crippen molar-refractivity contribution in [3.8, 4) is 16.9 Å². The Hall–Kier alpha value is -5.93. The lowest BCUT2D eigenvalue weighted by Crippen LogP contribution is -2.15. The third kappa shape index (κ3) is 4.17. The molecule has 228 valence electrons. The summed E-state index contributed by atoms with van der Waals surface area (Å²) >= 11 is 0. The van der Waals surface area contributed by atoms with Crippen molar-refractivity contribution >= 4 is 49.7 Å². The first-order valence-corrected chi connectivity index (χ1v) is 16.9. The summed E-state index contributed by atoms with van der Waals surface area (Å²) in [6.07, 6.45) is 15.8. The second-order valence-corrected chi connectivity index (χ2v) is 13.1. The Morgan fingerprint density at radius 3 is 2.19 bits per heavy atom. The second-order valence-electron chi connectivity index (χ2n) is 13.1. The van der Waals surface area contributed by atoms with E-state index in [1.807, 2.05) is 0 Å². The van der Waals surface area contributed by atoms with Crippen LogP contribution in [-0.2, 0) is 6.42 Å². The molecule has 2 unspecified atom stereocenters. The molecular formula is C45H33N3. The number of allylic oxidation sites excluding steroid dienone is 5. The average Bonchev–Trinajstić information content (AvgIpc) is 3.67. The molecule has 2 aliphatic rings. The summed E-state index contributed by atoms with van der Waals surface area (Å²) in [7, 11) is 0. The highest BCUT2D eigenvalue weighted by Crippen LogP contribution is 2.42. The maximum Gasteiger partial charge on any atom is 0.138 e.